The molecular formula is C16H16O. The van der Waals surface area contributed by atoms with Gasteiger partial charge in [-0.15, -0.1) is 0 Å². The normalized spacial score (nSPS) is 10.3. The first-order valence-electron chi connectivity index (χ1n) is 5.75. The molecule has 0 unspecified atom stereocenters. The van der Waals surface area contributed by atoms with Crippen LogP contribution in [-0.4, -0.2) is 6.29 Å². The fourth-order valence-electron chi connectivity index (χ4n) is 2.01. The Balaban J connectivity index is 2.52. The first-order valence-corrected chi connectivity index (χ1v) is 5.75. The van der Waals surface area contributed by atoms with Crippen LogP contribution in [0.1, 0.15) is 27.0 Å². The highest BCUT2D eigenvalue weighted by Gasteiger charge is 2.04. The van der Waals surface area contributed by atoms with Gasteiger partial charge in [0.05, 0.1) is 0 Å². The highest BCUT2D eigenvalue weighted by Crippen LogP contribution is 2.26. The minimum Gasteiger partial charge on any atom is -0.298 e. The van der Waals surface area contributed by atoms with E-state index in [1.807, 2.05) is 24.3 Å². The topological polar surface area (TPSA) is 17.1 Å². The number of carbonyl (C=O) groups excluding carboxylic acids is 1. The van der Waals surface area contributed by atoms with Gasteiger partial charge < -0.3 is 0 Å². The molecule has 0 fully saturated rings. The molecule has 0 amide bonds. The first kappa shape index (κ1) is 11.6. The molecular weight excluding hydrogens is 208 g/mol. The van der Waals surface area contributed by atoms with Gasteiger partial charge in [0.15, 0.2) is 0 Å². The monoisotopic (exact) mass is 224 g/mol. The Kier molecular flexibility index (Phi) is 3.10. The van der Waals surface area contributed by atoms with Crippen molar-refractivity contribution in [2.45, 2.75) is 20.8 Å². The van der Waals surface area contributed by atoms with Crippen molar-refractivity contribution in [3.8, 4) is 11.1 Å². The summed E-state index contributed by atoms with van der Waals surface area (Å²) < 4.78 is 0. The van der Waals surface area contributed by atoms with Gasteiger partial charge in [-0.1, -0.05) is 36.4 Å². The van der Waals surface area contributed by atoms with Crippen molar-refractivity contribution in [2.24, 2.45) is 0 Å². The number of carbonyl (C=O) groups is 1. The summed E-state index contributed by atoms with van der Waals surface area (Å²) in [5.41, 5.74) is 7.00. The van der Waals surface area contributed by atoms with E-state index in [0.717, 1.165) is 17.4 Å². The Hall–Kier alpha value is -1.89. The van der Waals surface area contributed by atoms with Crippen molar-refractivity contribution in [3.05, 3.63) is 58.7 Å². The maximum absolute atomic E-state index is 10.6. The number of hydrogen-bond acceptors (Lipinski definition) is 1. The fraction of sp³-hybridized carbons (Fsp3) is 0.188. The van der Waals surface area contributed by atoms with Gasteiger partial charge in [0.25, 0.3) is 0 Å². The van der Waals surface area contributed by atoms with Gasteiger partial charge in [-0.25, -0.2) is 0 Å². The van der Waals surface area contributed by atoms with E-state index in [1.165, 1.54) is 22.3 Å². The third kappa shape index (κ3) is 2.28. The Morgan fingerprint density at radius 1 is 0.824 bits per heavy atom. The molecule has 0 N–H and O–H groups in total. The van der Waals surface area contributed by atoms with E-state index in [1.54, 1.807) is 0 Å². The molecule has 0 spiro atoms. The number of rotatable bonds is 2. The zero-order chi connectivity index (χ0) is 12.4. The first-order chi connectivity index (χ1) is 8.11. The Bertz CT molecular complexity index is 550. The molecule has 0 aromatic heterocycles. The van der Waals surface area contributed by atoms with Crippen molar-refractivity contribution < 1.29 is 4.79 Å². The molecule has 86 valence electrons. The Morgan fingerprint density at radius 3 is 2.00 bits per heavy atom. The van der Waals surface area contributed by atoms with Crippen LogP contribution in [0.25, 0.3) is 11.1 Å². The van der Waals surface area contributed by atoms with Crippen molar-refractivity contribution in [1.82, 2.24) is 0 Å². The van der Waals surface area contributed by atoms with E-state index in [4.69, 9.17) is 0 Å². The van der Waals surface area contributed by atoms with Crippen LogP contribution in [0.3, 0.4) is 0 Å². The lowest BCUT2D eigenvalue weighted by molar-refractivity contribution is 0.112. The fourth-order valence-corrected chi connectivity index (χ4v) is 2.01. The van der Waals surface area contributed by atoms with E-state index in [0.29, 0.717) is 0 Å². The lowest BCUT2D eigenvalue weighted by Crippen LogP contribution is -1.89. The van der Waals surface area contributed by atoms with Crippen LogP contribution in [-0.2, 0) is 0 Å². The summed E-state index contributed by atoms with van der Waals surface area (Å²) in [5, 5.41) is 0. The van der Waals surface area contributed by atoms with Crippen LogP contribution >= 0.6 is 0 Å². The van der Waals surface area contributed by atoms with Crippen molar-refractivity contribution in [2.75, 3.05) is 0 Å². The molecule has 17 heavy (non-hydrogen) atoms. The van der Waals surface area contributed by atoms with Crippen LogP contribution in [0, 0.1) is 20.8 Å². The molecule has 0 radical (unpaired) electrons. The number of aldehydes is 1. The highest BCUT2D eigenvalue weighted by molar-refractivity contribution is 5.77. The Morgan fingerprint density at radius 2 is 1.41 bits per heavy atom. The molecule has 2 rings (SSSR count). The summed E-state index contributed by atoms with van der Waals surface area (Å²) in [6.07, 6.45) is 0.872. The molecule has 1 nitrogen and oxygen atoms in total. The largest absolute Gasteiger partial charge is 0.298 e. The third-order valence-electron chi connectivity index (χ3n) is 3.20. The molecule has 0 atom stereocenters. The predicted molar refractivity (Wildman–Crippen MR) is 71.5 cm³/mol. The second-order valence-electron chi connectivity index (χ2n) is 4.49. The van der Waals surface area contributed by atoms with Crippen molar-refractivity contribution in [1.29, 1.82) is 0 Å². The predicted octanol–water partition coefficient (Wildman–Crippen LogP) is 4.09. The van der Waals surface area contributed by atoms with Gasteiger partial charge in [-0.2, -0.15) is 0 Å². The van der Waals surface area contributed by atoms with Crippen molar-refractivity contribution in [3.63, 3.8) is 0 Å². The molecule has 1 heteroatoms. The second-order valence-corrected chi connectivity index (χ2v) is 4.49. The van der Waals surface area contributed by atoms with Gasteiger partial charge in [0.1, 0.15) is 6.29 Å². The minimum atomic E-state index is 0.718. The number of aryl methyl sites for hydroxylation is 3. The standard InChI is InChI=1S/C16H16O/c1-11-8-13(3)16(9-12(11)2)15-6-4-14(10-17)5-7-15/h4-10H,1-3H3. The molecule has 0 aliphatic carbocycles. The highest BCUT2D eigenvalue weighted by atomic mass is 16.1. The summed E-state index contributed by atoms with van der Waals surface area (Å²) in [5.74, 6) is 0. The zero-order valence-corrected chi connectivity index (χ0v) is 10.4. The van der Waals surface area contributed by atoms with Gasteiger partial charge in [0, 0.05) is 5.56 Å². The number of hydrogen-bond donors (Lipinski definition) is 0. The van der Waals surface area contributed by atoms with Gasteiger partial charge in [0.2, 0.25) is 0 Å². The van der Waals surface area contributed by atoms with Crippen LogP contribution in [0.2, 0.25) is 0 Å². The van der Waals surface area contributed by atoms with E-state index in [-0.39, 0.29) is 0 Å². The van der Waals surface area contributed by atoms with E-state index >= 15 is 0 Å². The lowest BCUT2D eigenvalue weighted by Gasteiger charge is -2.10. The van der Waals surface area contributed by atoms with Crippen LogP contribution < -0.4 is 0 Å². The molecule has 0 saturated carbocycles. The maximum Gasteiger partial charge on any atom is 0.150 e. The van der Waals surface area contributed by atoms with Crippen LogP contribution in [0.5, 0.6) is 0 Å². The quantitative estimate of drug-likeness (QED) is 0.702. The summed E-state index contributed by atoms with van der Waals surface area (Å²) >= 11 is 0. The minimum absolute atomic E-state index is 0.718. The summed E-state index contributed by atoms with van der Waals surface area (Å²) in [7, 11) is 0. The van der Waals surface area contributed by atoms with Crippen molar-refractivity contribution >= 4 is 6.29 Å². The number of benzene rings is 2. The molecule has 2 aromatic rings. The maximum atomic E-state index is 10.6. The summed E-state index contributed by atoms with van der Waals surface area (Å²) in [4.78, 5) is 10.6. The second kappa shape index (κ2) is 4.54. The van der Waals surface area contributed by atoms with Gasteiger partial charge in [-0.05, 0) is 48.6 Å². The molecule has 0 aliphatic rings. The SMILES string of the molecule is Cc1cc(C)c(-c2ccc(C=O)cc2)cc1C. The summed E-state index contributed by atoms with van der Waals surface area (Å²) in [6, 6.07) is 12.1. The lowest BCUT2D eigenvalue weighted by atomic mass is 9.95. The molecule has 0 saturated heterocycles. The van der Waals surface area contributed by atoms with E-state index in [9.17, 15) is 4.79 Å². The molecule has 0 aliphatic heterocycles. The van der Waals surface area contributed by atoms with E-state index in [2.05, 4.69) is 32.9 Å². The van der Waals surface area contributed by atoms with Crippen LogP contribution in [0.4, 0.5) is 0 Å². The van der Waals surface area contributed by atoms with E-state index < -0.39 is 0 Å². The third-order valence-corrected chi connectivity index (χ3v) is 3.20. The molecule has 0 bridgehead atoms. The Labute approximate surface area is 102 Å². The average molecular weight is 224 g/mol. The van der Waals surface area contributed by atoms with Crippen LogP contribution in [0.15, 0.2) is 36.4 Å². The van der Waals surface area contributed by atoms with Gasteiger partial charge >= 0.3 is 0 Å². The smallest absolute Gasteiger partial charge is 0.150 e. The molecule has 2 aromatic carbocycles. The zero-order valence-electron chi connectivity index (χ0n) is 10.4. The van der Waals surface area contributed by atoms with Gasteiger partial charge in [-0.3, -0.25) is 4.79 Å². The molecule has 0 heterocycles. The average Bonchev–Trinajstić information content (AvgIpc) is 2.34. The summed E-state index contributed by atoms with van der Waals surface area (Å²) in [6.45, 7) is 6.37.